The van der Waals surface area contributed by atoms with Gasteiger partial charge in [0, 0.05) is 12.6 Å². The Kier molecular flexibility index (Phi) is 4.42. The maximum absolute atomic E-state index is 11.7. The van der Waals surface area contributed by atoms with E-state index in [0.29, 0.717) is 22.4 Å². The molecule has 1 N–H and O–H groups in total. The Bertz CT molecular complexity index is 923. The van der Waals surface area contributed by atoms with Crippen LogP contribution in [0, 0.1) is 10.8 Å². The fraction of sp³-hybridized carbons (Fsp3) is 0.550. The molecule has 27 heavy (non-hydrogen) atoms. The second-order valence-electron chi connectivity index (χ2n) is 8.96. The molecule has 1 aliphatic carbocycles. The van der Waals surface area contributed by atoms with Gasteiger partial charge in [0.1, 0.15) is 0 Å². The van der Waals surface area contributed by atoms with Gasteiger partial charge in [0.25, 0.3) is 0 Å². The number of methoxy groups -OCH3 is 1. The van der Waals surface area contributed by atoms with Gasteiger partial charge in [-0.2, -0.15) is 0 Å². The highest BCUT2D eigenvalue weighted by molar-refractivity contribution is 7.80. The monoisotopic (exact) mass is 403 g/mol. The molecule has 1 saturated carbocycles. The maximum Gasteiger partial charge on any atom is 0.337 e. The molecule has 2 aromatic rings. The summed E-state index contributed by atoms with van der Waals surface area (Å²) in [5.41, 5.74) is 2.08. The second kappa shape index (κ2) is 6.41. The lowest BCUT2D eigenvalue weighted by Gasteiger charge is -2.39. The number of carbonyl (C=O) groups is 1. The zero-order valence-electron chi connectivity index (χ0n) is 16.2. The lowest BCUT2D eigenvalue weighted by molar-refractivity contribution is 0.0601. The van der Waals surface area contributed by atoms with Crippen LogP contribution in [0.5, 0.6) is 0 Å². The summed E-state index contributed by atoms with van der Waals surface area (Å²) in [6, 6.07) is 5.90. The fourth-order valence-electron chi connectivity index (χ4n) is 5.08. The number of likely N-dealkylation sites (tertiary alicyclic amines) is 1. The summed E-state index contributed by atoms with van der Waals surface area (Å²) in [6.45, 7) is 8.12. The molecule has 1 saturated heterocycles. The molecule has 0 spiro atoms. The Morgan fingerprint density at radius 1 is 1.37 bits per heavy atom. The largest absolute Gasteiger partial charge is 0.465 e. The van der Waals surface area contributed by atoms with E-state index < -0.39 is 0 Å². The first-order valence-corrected chi connectivity index (χ1v) is 10.5. The van der Waals surface area contributed by atoms with E-state index in [1.165, 1.54) is 37.7 Å². The van der Waals surface area contributed by atoms with Gasteiger partial charge in [-0.25, -0.2) is 9.78 Å². The van der Waals surface area contributed by atoms with Crippen molar-refractivity contribution in [1.82, 2.24) is 9.88 Å². The number of nitrogens with zero attached hydrogens (tertiary/aromatic N) is 2. The number of carbonyl (C=O) groups excluding carboxylic acids is 1. The molecule has 144 valence electrons. The van der Waals surface area contributed by atoms with Crippen molar-refractivity contribution in [1.29, 1.82) is 0 Å². The molecule has 0 unspecified atom stereocenters. The van der Waals surface area contributed by atoms with Crippen molar-refractivity contribution in [3.8, 4) is 0 Å². The third-order valence-electron chi connectivity index (χ3n) is 5.70. The molecule has 1 aliphatic heterocycles. The van der Waals surface area contributed by atoms with Crippen molar-refractivity contribution >= 4 is 50.0 Å². The van der Waals surface area contributed by atoms with Crippen LogP contribution in [0.25, 0.3) is 10.2 Å². The second-order valence-corrected chi connectivity index (χ2v) is 10.4. The number of aromatic nitrogens is 1. The van der Waals surface area contributed by atoms with Crippen LogP contribution >= 0.6 is 23.6 Å². The quantitative estimate of drug-likeness (QED) is 0.580. The minimum Gasteiger partial charge on any atom is -0.465 e. The smallest absolute Gasteiger partial charge is 0.337 e. The molecule has 2 heterocycles. The Labute approximate surface area is 169 Å². The summed E-state index contributed by atoms with van der Waals surface area (Å²) in [6.07, 6.45) is 3.63. The molecule has 2 fully saturated rings. The molecule has 2 bridgehead atoms. The summed E-state index contributed by atoms with van der Waals surface area (Å²) in [4.78, 5) is 18.7. The molecule has 7 heteroatoms. The van der Waals surface area contributed by atoms with Crippen molar-refractivity contribution < 1.29 is 9.53 Å². The predicted octanol–water partition coefficient (Wildman–Crippen LogP) is 4.68. The number of fused-ring (bicyclic) bond motifs is 3. The number of thiazole rings is 1. The predicted molar refractivity (Wildman–Crippen MR) is 113 cm³/mol. The molecular weight excluding hydrogens is 378 g/mol. The Morgan fingerprint density at radius 3 is 2.89 bits per heavy atom. The van der Waals surface area contributed by atoms with Gasteiger partial charge in [-0.1, -0.05) is 32.1 Å². The zero-order valence-corrected chi connectivity index (χ0v) is 17.8. The van der Waals surface area contributed by atoms with Crippen LogP contribution in [-0.4, -0.2) is 40.7 Å². The summed E-state index contributed by atoms with van der Waals surface area (Å²) in [7, 11) is 1.39. The first kappa shape index (κ1) is 18.6. The van der Waals surface area contributed by atoms with Gasteiger partial charge in [0.2, 0.25) is 0 Å². The normalized spacial score (nSPS) is 26.2. The summed E-state index contributed by atoms with van der Waals surface area (Å²) >= 11 is 7.25. The number of thiocarbonyl (C=S) groups is 1. The van der Waals surface area contributed by atoms with Crippen molar-refractivity contribution in [2.75, 3.05) is 19.0 Å². The highest BCUT2D eigenvalue weighted by atomic mass is 32.1. The van der Waals surface area contributed by atoms with Crippen molar-refractivity contribution in [3.05, 3.63) is 23.8 Å². The van der Waals surface area contributed by atoms with Gasteiger partial charge in [-0.05, 0) is 60.5 Å². The van der Waals surface area contributed by atoms with Gasteiger partial charge >= 0.3 is 5.97 Å². The maximum atomic E-state index is 11.7. The number of esters is 1. The summed E-state index contributed by atoms with van der Waals surface area (Å²) in [5, 5.41) is 4.87. The van der Waals surface area contributed by atoms with Crippen molar-refractivity contribution in [2.24, 2.45) is 10.8 Å². The van der Waals surface area contributed by atoms with E-state index >= 15 is 0 Å². The SMILES string of the molecule is COC(=O)c1ccc2nc(NC(=S)N3C[C@@]4(C)C[C@H]3CC(C)(C)C4)sc2c1. The third kappa shape index (κ3) is 3.55. The van der Waals surface area contributed by atoms with Gasteiger partial charge in [0.15, 0.2) is 10.2 Å². The van der Waals surface area contributed by atoms with Crippen molar-refractivity contribution in [2.45, 2.75) is 46.1 Å². The molecule has 0 amide bonds. The first-order valence-electron chi connectivity index (χ1n) is 9.25. The number of nitrogens with one attached hydrogen (secondary N) is 1. The van der Waals surface area contributed by atoms with Gasteiger partial charge in [0.05, 0.1) is 22.9 Å². The molecular formula is C20H25N3O2S2. The van der Waals surface area contributed by atoms with E-state index in [1.54, 1.807) is 6.07 Å². The Morgan fingerprint density at radius 2 is 2.15 bits per heavy atom. The van der Waals surface area contributed by atoms with E-state index in [9.17, 15) is 4.79 Å². The molecule has 2 atom stereocenters. The fourth-order valence-corrected chi connectivity index (χ4v) is 6.36. The average Bonchev–Trinajstić information content (AvgIpc) is 3.09. The summed E-state index contributed by atoms with van der Waals surface area (Å²) in [5.74, 6) is -0.337. The molecule has 1 aromatic heterocycles. The zero-order chi connectivity index (χ0) is 19.4. The standard InChI is InChI=1S/C20H25N3O2S2/c1-19(2)8-13-9-20(3,10-19)11-23(13)18(26)22-17-21-14-6-5-12(16(24)25-4)7-15(14)27-17/h5-7,13H,8-11H2,1-4H3,(H,21,22,26)/t13-,20+/m1/s1. The van der Waals surface area contributed by atoms with Crippen LogP contribution in [0.4, 0.5) is 5.13 Å². The van der Waals surface area contributed by atoms with Crippen LogP contribution in [0.2, 0.25) is 0 Å². The highest BCUT2D eigenvalue weighted by Gasteiger charge is 2.50. The topological polar surface area (TPSA) is 54.5 Å². The number of hydrogen-bond donors (Lipinski definition) is 1. The summed E-state index contributed by atoms with van der Waals surface area (Å²) < 4.78 is 5.73. The third-order valence-corrected chi connectivity index (χ3v) is 6.97. The number of rotatable bonds is 2. The number of ether oxygens (including phenoxy) is 1. The van der Waals surface area contributed by atoms with Crippen LogP contribution in [0.3, 0.4) is 0 Å². The van der Waals surface area contributed by atoms with Gasteiger partial charge < -0.3 is 15.0 Å². The van der Waals surface area contributed by atoms with E-state index in [2.05, 4.69) is 36.0 Å². The molecule has 2 aliphatic rings. The number of anilines is 1. The number of benzene rings is 1. The van der Waals surface area contributed by atoms with E-state index in [-0.39, 0.29) is 5.97 Å². The van der Waals surface area contributed by atoms with Crippen LogP contribution in [0.1, 0.15) is 50.4 Å². The molecule has 5 nitrogen and oxygen atoms in total. The van der Waals surface area contributed by atoms with E-state index in [4.69, 9.17) is 17.0 Å². The Balaban J connectivity index is 1.52. The van der Waals surface area contributed by atoms with Gasteiger partial charge in [-0.3, -0.25) is 0 Å². The molecule has 0 radical (unpaired) electrons. The number of hydrogen-bond acceptors (Lipinski definition) is 5. The van der Waals surface area contributed by atoms with Crippen LogP contribution in [0.15, 0.2) is 18.2 Å². The molecule has 4 rings (SSSR count). The average molecular weight is 404 g/mol. The van der Waals surface area contributed by atoms with Crippen molar-refractivity contribution in [3.63, 3.8) is 0 Å². The lowest BCUT2D eigenvalue weighted by Crippen LogP contribution is -2.39. The molecule has 1 aromatic carbocycles. The van der Waals surface area contributed by atoms with E-state index in [1.807, 2.05) is 12.1 Å². The first-order chi connectivity index (χ1) is 12.7. The van der Waals surface area contributed by atoms with Crippen LogP contribution < -0.4 is 5.32 Å². The lowest BCUT2D eigenvalue weighted by atomic mass is 9.65. The van der Waals surface area contributed by atoms with Crippen LogP contribution in [-0.2, 0) is 4.74 Å². The minimum absolute atomic E-state index is 0.334. The van der Waals surface area contributed by atoms with E-state index in [0.717, 1.165) is 27.0 Å². The minimum atomic E-state index is -0.337. The highest BCUT2D eigenvalue weighted by Crippen LogP contribution is 2.52. The Hall–Kier alpha value is -1.73. The van der Waals surface area contributed by atoms with Gasteiger partial charge in [-0.15, -0.1) is 0 Å².